The van der Waals surface area contributed by atoms with Crippen molar-refractivity contribution in [1.29, 1.82) is 0 Å². The molecule has 1 aliphatic carbocycles. The maximum atomic E-state index is 5.77. The van der Waals surface area contributed by atoms with Gasteiger partial charge >= 0.3 is 0 Å². The fraction of sp³-hybridized carbons (Fsp3) is 1.00. The van der Waals surface area contributed by atoms with E-state index in [4.69, 9.17) is 9.47 Å². The van der Waals surface area contributed by atoms with Gasteiger partial charge in [-0.1, -0.05) is 0 Å². The van der Waals surface area contributed by atoms with E-state index in [0.717, 1.165) is 19.8 Å². The first kappa shape index (κ1) is 14.8. The second-order valence-corrected chi connectivity index (χ2v) is 6.83. The Morgan fingerprint density at radius 3 is 2.60 bits per heavy atom. The molecule has 2 atom stereocenters. The van der Waals surface area contributed by atoms with E-state index in [1.807, 2.05) is 0 Å². The van der Waals surface area contributed by atoms with Crippen LogP contribution in [-0.2, 0) is 9.47 Å². The van der Waals surface area contributed by atoms with Crippen LogP contribution in [0.5, 0.6) is 0 Å². The number of piperidine rings is 1. The zero-order chi connectivity index (χ0) is 13.8. The fourth-order valence-corrected chi connectivity index (χ4v) is 4.23. The number of rotatable bonds is 4. The van der Waals surface area contributed by atoms with Gasteiger partial charge in [0.05, 0.1) is 25.4 Å². The third-order valence-electron chi connectivity index (χ3n) is 5.57. The lowest BCUT2D eigenvalue weighted by atomic mass is 9.67. The molecule has 3 fully saturated rings. The average molecular weight is 282 g/mol. The van der Waals surface area contributed by atoms with E-state index in [-0.39, 0.29) is 6.10 Å². The lowest BCUT2D eigenvalue weighted by Crippen LogP contribution is -2.49. The molecule has 1 spiro atoms. The van der Waals surface area contributed by atoms with Crippen LogP contribution < -0.4 is 10.6 Å². The highest BCUT2D eigenvalue weighted by Gasteiger charge is 2.38. The van der Waals surface area contributed by atoms with Gasteiger partial charge in [0.15, 0.2) is 0 Å². The molecule has 4 heteroatoms. The van der Waals surface area contributed by atoms with Crippen molar-refractivity contribution in [1.82, 2.24) is 10.6 Å². The summed E-state index contributed by atoms with van der Waals surface area (Å²) in [4.78, 5) is 0. The summed E-state index contributed by atoms with van der Waals surface area (Å²) in [6.45, 7) is 6.87. The predicted octanol–water partition coefficient (Wildman–Crippen LogP) is 1.69. The van der Waals surface area contributed by atoms with Crippen LogP contribution in [0.15, 0.2) is 0 Å². The fourth-order valence-electron chi connectivity index (χ4n) is 4.23. The zero-order valence-corrected chi connectivity index (χ0v) is 12.8. The molecular formula is C16H30N2O2. The van der Waals surface area contributed by atoms with Crippen LogP contribution in [0.3, 0.4) is 0 Å². The Morgan fingerprint density at radius 1 is 1.15 bits per heavy atom. The molecule has 116 valence electrons. The lowest BCUT2D eigenvalue weighted by molar-refractivity contribution is 0.0362. The Bertz CT molecular complexity index is 295. The first-order valence-electron chi connectivity index (χ1n) is 8.47. The van der Waals surface area contributed by atoms with E-state index in [1.54, 1.807) is 0 Å². The van der Waals surface area contributed by atoms with Gasteiger partial charge in [0, 0.05) is 12.6 Å². The molecule has 0 aromatic rings. The van der Waals surface area contributed by atoms with Crippen LogP contribution in [0.1, 0.15) is 45.4 Å². The van der Waals surface area contributed by atoms with Crippen molar-refractivity contribution >= 4 is 0 Å². The molecule has 0 bridgehead atoms. The van der Waals surface area contributed by atoms with Crippen molar-refractivity contribution in [2.45, 2.75) is 63.6 Å². The largest absolute Gasteiger partial charge is 0.377 e. The van der Waals surface area contributed by atoms with Crippen LogP contribution in [0.2, 0.25) is 0 Å². The summed E-state index contributed by atoms with van der Waals surface area (Å²) in [5.41, 5.74) is 0.662. The third kappa shape index (κ3) is 3.35. The van der Waals surface area contributed by atoms with Gasteiger partial charge < -0.3 is 20.1 Å². The van der Waals surface area contributed by atoms with E-state index >= 15 is 0 Å². The number of hydrogen-bond acceptors (Lipinski definition) is 4. The van der Waals surface area contributed by atoms with Crippen molar-refractivity contribution < 1.29 is 9.47 Å². The summed E-state index contributed by atoms with van der Waals surface area (Å²) in [7, 11) is 0. The van der Waals surface area contributed by atoms with E-state index < -0.39 is 0 Å². The minimum atomic E-state index is 0.259. The highest BCUT2D eigenvalue weighted by Crippen LogP contribution is 2.43. The monoisotopic (exact) mass is 282 g/mol. The molecule has 1 saturated carbocycles. The third-order valence-corrected chi connectivity index (χ3v) is 5.57. The first-order chi connectivity index (χ1) is 9.81. The van der Waals surface area contributed by atoms with E-state index in [1.165, 1.54) is 51.6 Å². The summed E-state index contributed by atoms with van der Waals surface area (Å²) in [6.07, 6.45) is 8.49. The van der Waals surface area contributed by atoms with Crippen molar-refractivity contribution in [2.75, 3.05) is 32.9 Å². The summed E-state index contributed by atoms with van der Waals surface area (Å²) < 4.78 is 11.3. The molecule has 0 unspecified atom stereocenters. The zero-order valence-electron chi connectivity index (χ0n) is 12.8. The van der Waals surface area contributed by atoms with Gasteiger partial charge in [-0.3, -0.25) is 0 Å². The molecule has 0 radical (unpaired) electrons. The van der Waals surface area contributed by atoms with Crippen LogP contribution >= 0.6 is 0 Å². The van der Waals surface area contributed by atoms with Crippen LogP contribution in [-0.4, -0.2) is 51.1 Å². The molecule has 2 heterocycles. The molecule has 0 amide bonds. The molecule has 20 heavy (non-hydrogen) atoms. The maximum absolute atomic E-state index is 5.77. The summed E-state index contributed by atoms with van der Waals surface area (Å²) in [5.74, 6) is 0. The van der Waals surface area contributed by atoms with E-state index in [2.05, 4.69) is 17.6 Å². The van der Waals surface area contributed by atoms with Crippen LogP contribution in [0.25, 0.3) is 0 Å². The van der Waals surface area contributed by atoms with Gasteiger partial charge in [-0.25, -0.2) is 0 Å². The highest BCUT2D eigenvalue weighted by molar-refractivity contribution is 4.93. The van der Waals surface area contributed by atoms with Crippen LogP contribution in [0.4, 0.5) is 0 Å². The molecule has 0 aromatic carbocycles. The van der Waals surface area contributed by atoms with E-state index in [9.17, 15) is 0 Å². The van der Waals surface area contributed by atoms with Gasteiger partial charge in [0.2, 0.25) is 0 Å². The minimum absolute atomic E-state index is 0.259. The number of nitrogens with one attached hydrogen (secondary N) is 2. The number of hydrogen-bond donors (Lipinski definition) is 2. The standard InChI is InChI=1S/C16H30N2O2/c1-2-20-15-12-19-11-14(15)18-13-3-5-16(6-4-13)7-9-17-10-8-16/h13-15,17-18H,2-12H2,1H3/t14-,15-/m0/s1. The second-order valence-electron chi connectivity index (χ2n) is 6.83. The Balaban J connectivity index is 1.46. The van der Waals surface area contributed by atoms with E-state index in [0.29, 0.717) is 17.5 Å². The molecular weight excluding hydrogens is 252 g/mol. The van der Waals surface area contributed by atoms with Gasteiger partial charge in [-0.15, -0.1) is 0 Å². The highest BCUT2D eigenvalue weighted by atomic mass is 16.5. The first-order valence-corrected chi connectivity index (χ1v) is 8.47. The predicted molar refractivity (Wildman–Crippen MR) is 79.9 cm³/mol. The van der Waals surface area contributed by atoms with Crippen molar-refractivity contribution in [3.05, 3.63) is 0 Å². The Hall–Kier alpha value is -0.160. The van der Waals surface area contributed by atoms with Gasteiger partial charge in [0.25, 0.3) is 0 Å². The van der Waals surface area contributed by atoms with Crippen molar-refractivity contribution in [2.24, 2.45) is 5.41 Å². The summed E-state index contributed by atoms with van der Waals surface area (Å²) in [5, 5.41) is 7.31. The molecule has 2 saturated heterocycles. The Morgan fingerprint density at radius 2 is 1.90 bits per heavy atom. The Kier molecular flexibility index (Phi) is 4.97. The SMILES string of the molecule is CCO[C@H]1COC[C@@H]1NC1CCC2(CCNCC2)CC1. The molecule has 3 aliphatic rings. The maximum Gasteiger partial charge on any atom is 0.0983 e. The molecule has 3 rings (SSSR count). The van der Waals surface area contributed by atoms with Crippen LogP contribution in [0, 0.1) is 5.41 Å². The summed E-state index contributed by atoms with van der Waals surface area (Å²) in [6, 6.07) is 1.08. The topological polar surface area (TPSA) is 42.5 Å². The van der Waals surface area contributed by atoms with Gasteiger partial charge in [0.1, 0.15) is 0 Å². The minimum Gasteiger partial charge on any atom is -0.377 e. The van der Waals surface area contributed by atoms with Crippen molar-refractivity contribution in [3.63, 3.8) is 0 Å². The lowest BCUT2D eigenvalue weighted by Gasteiger charge is -2.44. The smallest absolute Gasteiger partial charge is 0.0983 e. The molecule has 4 nitrogen and oxygen atoms in total. The van der Waals surface area contributed by atoms with Gasteiger partial charge in [-0.05, 0) is 64.0 Å². The van der Waals surface area contributed by atoms with Gasteiger partial charge in [-0.2, -0.15) is 0 Å². The molecule has 2 aliphatic heterocycles. The summed E-state index contributed by atoms with van der Waals surface area (Å²) >= 11 is 0. The van der Waals surface area contributed by atoms with Crippen molar-refractivity contribution in [3.8, 4) is 0 Å². The number of ether oxygens (including phenoxy) is 2. The average Bonchev–Trinajstić information content (AvgIpc) is 2.90. The molecule has 2 N–H and O–H groups in total. The quantitative estimate of drug-likeness (QED) is 0.823. The normalized spacial score (nSPS) is 34.6. The second kappa shape index (κ2) is 6.73. The Labute approximate surface area is 123 Å². The molecule has 0 aromatic heterocycles.